The number of fused-ring (bicyclic) bond motifs is 1. The van der Waals surface area contributed by atoms with Crippen LogP contribution in [0.5, 0.6) is 11.5 Å². The number of benzene rings is 1. The van der Waals surface area contributed by atoms with Crippen LogP contribution in [-0.2, 0) is 4.79 Å². The van der Waals surface area contributed by atoms with E-state index in [1.165, 1.54) is 19.1 Å². The number of phenols is 1. The van der Waals surface area contributed by atoms with E-state index in [0.29, 0.717) is 10.9 Å². The molecule has 0 unspecified atom stereocenters. The number of hydrogen-bond acceptors (Lipinski definition) is 5. The standard InChI is InChI=1S/C12H10O5/c1-6-3-8-4-11(16-7(2)13)9(14)5-10(8)17-12(6)15/h3-5,14H,1-2H3. The summed E-state index contributed by atoms with van der Waals surface area (Å²) in [4.78, 5) is 22.1. The lowest BCUT2D eigenvalue weighted by molar-refractivity contribution is -0.132. The fourth-order valence-electron chi connectivity index (χ4n) is 1.48. The van der Waals surface area contributed by atoms with Crippen LogP contribution >= 0.6 is 0 Å². The molecule has 5 nitrogen and oxygen atoms in total. The summed E-state index contributed by atoms with van der Waals surface area (Å²) >= 11 is 0. The second kappa shape index (κ2) is 3.93. The Morgan fingerprint density at radius 2 is 2.06 bits per heavy atom. The Hall–Kier alpha value is -2.30. The molecule has 1 aromatic carbocycles. The zero-order chi connectivity index (χ0) is 12.6. The number of phenolic OH excluding ortho intramolecular Hbond substituents is 1. The smallest absolute Gasteiger partial charge is 0.339 e. The first-order valence-corrected chi connectivity index (χ1v) is 4.93. The van der Waals surface area contributed by atoms with E-state index in [1.807, 2.05) is 0 Å². The summed E-state index contributed by atoms with van der Waals surface area (Å²) in [5.41, 5.74) is 0.225. The first-order valence-electron chi connectivity index (χ1n) is 4.93. The highest BCUT2D eigenvalue weighted by Crippen LogP contribution is 2.31. The average molecular weight is 234 g/mol. The first kappa shape index (κ1) is 11.2. The van der Waals surface area contributed by atoms with Crippen LogP contribution < -0.4 is 10.4 Å². The monoisotopic (exact) mass is 234 g/mol. The normalized spacial score (nSPS) is 10.5. The predicted molar refractivity (Wildman–Crippen MR) is 60.2 cm³/mol. The largest absolute Gasteiger partial charge is 0.504 e. The number of esters is 1. The third-order valence-corrected chi connectivity index (χ3v) is 2.24. The molecule has 0 radical (unpaired) electrons. The maximum Gasteiger partial charge on any atom is 0.339 e. The highest BCUT2D eigenvalue weighted by atomic mass is 16.5. The van der Waals surface area contributed by atoms with E-state index in [-0.39, 0.29) is 17.1 Å². The van der Waals surface area contributed by atoms with E-state index in [4.69, 9.17) is 9.15 Å². The molecule has 0 fully saturated rings. The van der Waals surface area contributed by atoms with E-state index in [2.05, 4.69) is 0 Å². The van der Waals surface area contributed by atoms with Crippen molar-refractivity contribution in [2.45, 2.75) is 13.8 Å². The van der Waals surface area contributed by atoms with Crippen molar-refractivity contribution in [2.75, 3.05) is 0 Å². The van der Waals surface area contributed by atoms with Gasteiger partial charge in [0, 0.05) is 23.9 Å². The van der Waals surface area contributed by atoms with Crippen molar-refractivity contribution in [3.63, 3.8) is 0 Å². The van der Waals surface area contributed by atoms with Gasteiger partial charge in [0.15, 0.2) is 11.5 Å². The maximum atomic E-state index is 11.3. The zero-order valence-corrected chi connectivity index (χ0v) is 9.31. The summed E-state index contributed by atoms with van der Waals surface area (Å²) in [6, 6.07) is 4.30. The van der Waals surface area contributed by atoms with Gasteiger partial charge in [0.25, 0.3) is 0 Å². The number of carbonyl (C=O) groups is 1. The molecule has 88 valence electrons. The quantitative estimate of drug-likeness (QED) is 0.462. The minimum absolute atomic E-state index is 0.0400. The number of hydrogen-bond donors (Lipinski definition) is 1. The van der Waals surface area contributed by atoms with Crippen molar-refractivity contribution < 1.29 is 19.1 Å². The molecule has 2 aromatic rings. The van der Waals surface area contributed by atoms with Crippen LogP contribution in [0.3, 0.4) is 0 Å². The van der Waals surface area contributed by atoms with Crippen LogP contribution in [-0.4, -0.2) is 11.1 Å². The lowest BCUT2D eigenvalue weighted by Crippen LogP contribution is -2.03. The number of carbonyl (C=O) groups excluding carboxylic acids is 1. The lowest BCUT2D eigenvalue weighted by Gasteiger charge is -2.05. The summed E-state index contributed by atoms with van der Waals surface area (Å²) in [5, 5.41) is 10.2. The van der Waals surface area contributed by atoms with Gasteiger partial charge in [0.1, 0.15) is 5.58 Å². The molecule has 1 aromatic heterocycles. The van der Waals surface area contributed by atoms with E-state index >= 15 is 0 Å². The fourth-order valence-corrected chi connectivity index (χ4v) is 1.48. The number of aromatic hydroxyl groups is 1. The summed E-state index contributed by atoms with van der Waals surface area (Å²) in [6.45, 7) is 2.85. The van der Waals surface area contributed by atoms with E-state index < -0.39 is 11.6 Å². The lowest BCUT2D eigenvalue weighted by atomic mass is 10.2. The second-order valence-corrected chi connectivity index (χ2v) is 3.67. The van der Waals surface area contributed by atoms with E-state index in [9.17, 15) is 14.7 Å². The molecule has 0 saturated heterocycles. The fraction of sp³-hybridized carbons (Fsp3) is 0.167. The summed E-state index contributed by atoms with van der Waals surface area (Å²) in [6.07, 6.45) is 0. The maximum absolute atomic E-state index is 11.3. The van der Waals surface area contributed by atoms with Crippen molar-refractivity contribution in [3.05, 3.63) is 34.2 Å². The van der Waals surface area contributed by atoms with Gasteiger partial charge in [0.2, 0.25) is 0 Å². The van der Waals surface area contributed by atoms with Crippen molar-refractivity contribution in [1.82, 2.24) is 0 Å². The summed E-state index contributed by atoms with van der Waals surface area (Å²) < 4.78 is 9.79. The zero-order valence-electron chi connectivity index (χ0n) is 9.31. The SMILES string of the molecule is CC(=O)Oc1cc2cc(C)c(=O)oc2cc1O. The second-order valence-electron chi connectivity index (χ2n) is 3.67. The van der Waals surface area contributed by atoms with Crippen molar-refractivity contribution in [1.29, 1.82) is 0 Å². The topological polar surface area (TPSA) is 76.7 Å². The molecule has 1 heterocycles. The summed E-state index contributed by atoms with van der Waals surface area (Å²) in [7, 11) is 0. The van der Waals surface area contributed by atoms with Crippen LogP contribution in [0.15, 0.2) is 27.4 Å². The van der Waals surface area contributed by atoms with Crippen LogP contribution in [0.25, 0.3) is 11.0 Å². The molecular weight excluding hydrogens is 224 g/mol. The Morgan fingerprint density at radius 1 is 1.35 bits per heavy atom. The Kier molecular flexibility index (Phi) is 2.59. The van der Waals surface area contributed by atoms with E-state index in [0.717, 1.165) is 0 Å². The molecule has 2 rings (SSSR count). The van der Waals surface area contributed by atoms with Crippen LogP contribution in [0.4, 0.5) is 0 Å². The van der Waals surface area contributed by atoms with Gasteiger partial charge in [-0.1, -0.05) is 0 Å². The average Bonchev–Trinajstić information content (AvgIpc) is 2.22. The molecular formula is C12H10O5. The van der Waals surface area contributed by atoms with Gasteiger partial charge < -0.3 is 14.3 Å². The van der Waals surface area contributed by atoms with Gasteiger partial charge in [-0.15, -0.1) is 0 Å². The Bertz CT molecular complexity index is 654. The van der Waals surface area contributed by atoms with Gasteiger partial charge in [-0.05, 0) is 19.1 Å². The minimum atomic E-state index is -0.534. The highest BCUT2D eigenvalue weighted by Gasteiger charge is 2.10. The van der Waals surface area contributed by atoms with Crippen LogP contribution in [0.2, 0.25) is 0 Å². The Balaban J connectivity index is 2.67. The van der Waals surface area contributed by atoms with Crippen molar-refractivity contribution in [3.8, 4) is 11.5 Å². The molecule has 0 amide bonds. The van der Waals surface area contributed by atoms with Crippen LogP contribution in [0.1, 0.15) is 12.5 Å². The molecule has 17 heavy (non-hydrogen) atoms. The minimum Gasteiger partial charge on any atom is -0.504 e. The molecule has 0 aliphatic rings. The molecule has 0 saturated carbocycles. The van der Waals surface area contributed by atoms with Gasteiger partial charge in [0.05, 0.1) is 0 Å². The molecule has 0 bridgehead atoms. The third kappa shape index (κ3) is 2.13. The summed E-state index contributed by atoms with van der Waals surface area (Å²) in [5.74, 6) is -0.744. The van der Waals surface area contributed by atoms with Crippen LogP contribution in [0, 0.1) is 6.92 Å². The Morgan fingerprint density at radius 3 is 2.71 bits per heavy atom. The molecule has 5 heteroatoms. The van der Waals surface area contributed by atoms with E-state index in [1.54, 1.807) is 13.0 Å². The predicted octanol–water partition coefficient (Wildman–Crippen LogP) is 1.73. The third-order valence-electron chi connectivity index (χ3n) is 2.24. The van der Waals surface area contributed by atoms with Crippen molar-refractivity contribution >= 4 is 16.9 Å². The molecule has 1 N–H and O–H groups in total. The molecule has 0 aliphatic heterocycles. The molecule has 0 aliphatic carbocycles. The highest BCUT2D eigenvalue weighted by molar-refractivity contribution is 5.82. The number of aryl methyl sites for hydroxylation is 1. The number of ether oxygens (including phenoxy) is 1. The van der Waals surface area contributed by atoms with Crippen molar-refractivity contribution in [2.24, 2.45) is 0 Å². The van der Waals surface area contributed by atoms with Gasteiger partial charge in [-0.2, -0.15) is 0 Å². The van der Waals surface area contributed by atoms with Gasteiger partial charge in [-0.25, -0.2) is 4.79 Å². The molecule has 0 spiro atoms. The first-order chi connectivity index (χ1) is 7.97. The number of rotatable bonds is 1. The van der Waals surface area contributed by atoms with Gasteiger partial charge >= 0.3 is 11.6 Å². The Labute approximate surface area is 96.2 Å². The van der Waals surface area contributed by atoms with Gasteiger partial charge in [-0.3, -0.25) is 4.79 Å². The molecule has 0 atom stereocenters.